The number of unbranched alkanes of at least 4 members (excludes halogenated alkanes) is 3. The molecule has 3 saturated carbocycles. The molecule has 0 unspecified atom stereocenters. The maximum Gasteiger partial charge on any atom is 0.222 e. The zero-order valence-corrected chi connectivity index (χ0v) is 18.4. The van der Waals surface area contributed by atoms with Gasteiger partial charge < -0.3 is 4.90 Å². The van der Waals surface area contributed by atoms with Crippen LogP contribution in [0.1, 0.15) is 104 Å². The molecule has 0 aromatic rings. The van der Waals surface area contributed by atoms with Crippen LogP contribution >= 0.6 is 0 Å². The number of carbonyl (C=O) groups is 1. The molecular formula is C25H43NO. The quantitative estimate of drug-likeness (QED) is 0.508. The van der Waals surface area contributed by atoms with Gasteiger partial charge in [-0.05, 0) is 79.4 Å². The number of nitrogens with zero attached hydrogens (tertiary/aromatic N) is 1. The van der Waals surface area contributed by atoms with E-state index in [1.165, 1.54) is 70.6 Å². The molecule has 0 aromatic carbocycles. The molecule has 1 amide bonds. The van der Waals surface area contributed by atoms with E-state index in [9.17, 15) is 4.79 Å². The summed E-state index contributed by atoms with van der Waals surface area (Å²) in [4.78, 5) is 14.4. The second-order valence-electron chi connectivity index (χ2n) is 11.3. The van der Waals surface area contributed by atoms with Crippen molar-refractivity contribution >= 4 is 5.91 Å². The van der Waals surface area contributed by atoms with Gasteiger partial charge in [0.05, 0.1) is 0 Å². The lowest BCUT2D eigenvalue weighted by atomic mass is 9.47. The molecule has 1 saturated heterocycles. The van der Waals surface area contributed by atoms with Gasteiger partial charge in [0.1, 0.15) is 0 Å². The van der Waals surface area contributed by atoms with Crippen molar-refractivity contribution in [3.63, 3.8) is 0 Å². The van der Waals surface area contributed by atoms with Crippen LogP contribution in [0.2, 0.25) is 0 Å². The average Bonchev–Trinajstić information content (AvgIpc) is 2.99. The van der Waals surface area contributed by atoms with Gasteiger partial charge >= 0.3 is 0 Å². The van der Waals surface area contributed by atoms with Crippen molar-refractivity contribution in [3.8, 4) is 0 Å². The Labute approximate surface area is 167 Å². The van der Waals surface area contributed by atoms with Gasteiger partial charge in [0.25, 0.3) is 0 Å². The normalized spacial score (nSPS) is 46.7. The van der Waals surface area contributed by atoms with E-state index in [4.69, 9.17) is 0 Å². The summed E-state index contributed by atoms with van der Waals surface area (Å²) in [7, 11) is 2.08. The number of carbonyl (C=O) groups excluding carboxylic acids is 1. The molecule has 2 nitrogen and oxygen atoms in total. The minimum absolute atomic E-state index is 0.381. The standard InChI is InChI=1S/C25H43NO/c1-5-6-7-8-9-18-16-21-19-10-11-22-25(3,15-13-23(27)26(22)4)20(19)12-14-24(21,2)17-18/h18-22H,5-17H2,1-4H3/t18-,19+,20-,21-,22+,24+,25+/m0/s1. The Hall–Kier alpha value is -0.530. The Morgan fingerprint density at radius 3 is 2.63 bits per heavy atom. The molecule has 4 aliphatic rings. The summed E-state index contributed by atoms with van der Waals surface area (Å²) in [5, 5.41) is 0. The molecule has 4 rings (SSSR count). The first-order valence-electron chi connectivity index (χ1n) is 12.1. The summed E-state index contributed by atoms with van der Waals surface area (Å²) in [6.07, 6.45) is 17.6. The third-order valence-corrected chi connectivity index (χ3v) is 9.88. The molecule has 3 aliphatic carbocycles. The Bertz CT molecular complexity index is 559. The van der Waals surface area contributed by atoms with E-state index in [0.29, 0.717) is 22.8 Å². The predicted molar refractivity (Wildman–Crippen MR) is 112 cm³/mol. The van der Waals surface area contributed by atoms with Crippen molar-refractivity contribution in [2.75, 3.05) is 7.05 Å². The number of hydrogen-bond acceptors (Lipinski definition) is 1. The topological polar surface area (TPSA) is 20.3 Å². The smallest absolute Gasteiger partial charge is 0.222 e. The lowest BCUT2D eigenvalue weighted by Crippen LogP contribution is -2.61. The van der Waals surface area contributed by atoms with E-state index in [0.717, 1.165) is 36.5 Å². The number of amides is 1. The van der Waals surface area contributed by atoms with Gasteiger partial charge in [-0.3, -0.25) is 4.79 Å². The molecule has 1 heterocycles. The van der Waals surface area contributed by atoms with E-state index in [1.54, 1.807) is 0 Å². The van der Waals surface area contributed by atoms with Crippen molar-refractivity contribution < 1.29 is 4.79 Å². The molecule has 4 fully saturated rings. The van der Waals surface area contributed by atoms with Crippen LogP contribution < -0.4 is 0 Å². The Kier molecular flexibility index (Phi) is 5.40. The van der Waals surface area contributed by atoms with Gasteiger partial charge in [-0.25, -0.2) is 0 Å². The summed E-state index contributed by atoms with van der Waals surface area (Å²) in [6, 6.07) is 0.510. The molecule has 1 aliphatic heterocycles. The fourth-order valence-corrected chi connectivity index (χ4v) is 8.44. The Morgan fingerprint density at radius 2 is 1.85 bits per heavy atom. The van der Waals surface area contributed by atoms with Crippen LogP contribution in [0.5, 0.6) is 0 Å². The van der Waals surface area contributed by atoms with E-state index >= 15 is 0 Å². The number of hydrogen-bond donors (Lipinski definition) is 0. The first kappa shape index (κ1) is 19.8. The summed E-state index contributed by atoms with van der Waals surface area (Å²) >= 11 is 0. The van der Waals surface area contributed by atoms with Gasteiger partial charge in [-0.2, -0.15) is 0 Å². The number of rotatable bonds is 5. The predicted octanol–water partition coefficient (Wildman–Crippen LogP) is 6.44. The van der Waals surface area contributed by atoms with Gasteiger partial charge in [-0.15, -0.1) is 0 Å². The van der Waals surface area contributed by atoms with Crippen LogP contribution in [0.15, 0.2) is 0 Å². The molecule has 0 radical (unpaired) electrons. The zero-order valence-electron chi connectivity index (χ0n) is 18.4. The zero-order chi connectivity index (χ0) is 19.2. The molecule has 0 aromatic heterocycles. The summed E-state index contributed by atoms with van der Waals surface area (Å²) in [5.74, 6) is 4.16. The largest absolute Gasteiger partial charge is 0.342 e. The Balaban J connectivity index is 1.47. The maximum atomic E-state index is 12.3. The average molecular weight is 374 g/mol. The van der Waals surface area contributed by atoms with Crippen LogP contribution in [0, 0.1) is 34.5 Å². The first-order chi connectivity index (χ1) is 12.9. The Morgan fingerprint density at radius 1 is 1.04 bits per heavy atom. The van der Waals surface area contributed by atoms with Crippen molar-refractivity contribution in [2.24, 2.45) is 34.5 Å². The highest BCUT2D eigenvalue weighted by atomic mass is 16.2. The molecule has 154 valence electrons. The summed E-state index contributed by atoms with van der Waals surface area (Å²) < 4.78 is 0. The molecule has 0 N–H and O–H groups in total. The van der Waals surface area contributed by atoms with Crippen molar-refractivity contribution in [1.82, 2.24) is 4.90 Å². The van der Waals surface area contributed by atoms with Crippen molar-refractivity contribution in [2.45, 2.75) is 110 Å². The fraction of sp³-hybridized carbons (Fsp3) is 0.960. The highest BCUT2D eigenvalue weighted by Gasteiger charge is 2.60. The van der Waals surface area contributed by atoms with E-state index in [2.05, 4.69) is 32.7 Å². The first-order valence-corrected chi connectivity index (χ1v) is 12.1. The molecule has 7 atom stereocenters. The monoisotopic (exact) mass is 373 g/mol. The van der Waals surface area contributed by atoms with Crippen LogP contribution in [-0.2, 0) is 4.79 Å². The second kappa shape index (κ2) is 7.38. The fourth-order valence-electron chi connectivity index (χ4n) is 8.44. The van der Waals surface area contributed by atoms with E-state index in [-0.39, 0.29) is 0 Å². The second-order valence-corrected chi connectivity index (χ2v) is 11.3. The van der Waals surface area contributed by atoms with E-state index in [1.807, 2.05) is 0 Å². The van der Waals surface area contributed by atoms with Crippen molar-refractivity contribution in [1.29, 1.82) is 0 Å². The molecule has 27 heavy (non-hydrogen) atoms. The molecule has 0 bridgehead atoms. The van der Waals surface area contributed by atoms with E-state index < -0.39 is 0 Å². The maximum absolute atomic E-state index is 12.3. The minimum atomic E-state index is 0.381. The van der Waals surface area contributed by atoms with Gasteiger partial charge in [0.15, 0.2) is 0 Å². The van der Waals surface area contributed by atoms with Crippen molar-refractivity contribution in [3.05, 3.63) is 0 Å². The number of piperidine rings is 1. The van der Waals surface area contributed by atoms with Gasteiger partial charge in [-0.1, -0.05) is 52.9 Å². The number of likely N-dealkylation sites (tertiary alicyclic amines) is 1. The van der Waals surface area contributed by atoms with Gasteiger partial charge in [0, 0.05) is 19.5 Å². The summed E-state index contributed by atoms with van der Waals surface area (Å²) in [5.41, 5.74) is 1.00. The minimum Gasteiger partial charge on any atom is -0.342 e. The van der Waals surface area contributed by atoms with Crippen LogP contribution in [0.25, 0.3) is 0 Å². The molecule has 2 heteroatoms. The molecular weight excluding hydrogens is 330 g/mol. The summed E-state index contributed by atoms with van der Waals surface area (Å²) in [6.45, 7) is 7.51. The highest BCUT2D eigenvalue weighted by molar-refractivity contribution is 5.77. The van der Waals surface area contributed by atoms with Crippen LogP contribution in [0.4, 0.5) is 0 Å². The molecule has 0 spiro atoms. The SMILES string of the molecule is CCCCCC[C@H]1C[C@H]2[C@@H]3CC[C@H]4N(C)C(=O)CC[C@]4(C)[C@H]3CC[C@]2(C)C1. The highest BCUT2D eigenvalue weighted by Crippen LogP contribution is 2.65. The number of fused-ring (bicyclic) bond motifs is 5. The lowest BCUT2D eigenvalue weighted by molar-refractivity contribution is -0.156. The van der Waals surface area contributed by atoms with Crippen LogP contribution in [-0.4, -0.2) is 23.9 Å². The third kappa shape index (κ3) is 3.27. The van der Waals surface area contributed by atoms with Gasteiger partial charge in [0.2, 0.25) is 5.91 Å². The lowest BCUT2D eigenvalue weighted by Gasteiger charge is -2.61. The third-order valence-electron chi connectivity index (χ3n) is 9.88. The van der Waals surface area contributed by atoms with Crippen LogP contribution in [0.3, 0.4) is 0 Å².